The van der Waals surface area contributed by atoms with Crippen molar-refractivity contribution in [2.75, 3.05) is 17.2 Å². The van der Waals surface area contributed by atoms with E-state index in [-0.39, 0.29) is 51.7 Å². The zero-order valence-corrected chi connectivity index (χ0v) is 28.1. The van der Waals surface area contributed by atoms with Gasteiger partial charge in [0.25, 0.3) is 11.8 Å². The zero-order valence-electron chi connectivity index (χ0n) is 25.7. The van der Waals surface area contributed by atoms with Crippen molar-refractivity contribution < 1.29 is 53.8 Å². The van der Waals surface area contributed by atoms with Crippen LogP contribution >= 0.6 is 34.9 Å². The van der Waals surface area contributed by atoms with Gasteiger partial charge in [-0.25, -0.2) is 9.78 Å². The van der Waals surface area contributed by atoms with Crippen LogP contribution in [0, 0.1) is 0 Å². The summed E-state index contributed by atoms with van der Waals surface area (Å²) in [7, 11) is 0. The van der Waals surface area contributed by atoms with Gasteiger partial charge in [0.1, 0.15) is 17.1 Å². The average Bonchev–Trinajstić information content (AvgIpc) is 3.49. The molecule has 2 amide bonds. The predicted octanol–water partition coefficient (Wildman–Crippen LogP) is 0.0870. The van der Waals surface area contributed by atoms with Gasteiger partial charge in [-0.2, -0.15) is 4.57 Å². The SMILES string of the molecule is CC(C)(O/N=C(\C(=O)N[C@@H]1C(=O)N2C(C(=O)[O-])=C(CSc3cc[n+](CC(=O)c4ccc(O)c(O)c4)cc3)CS[C@H]12)c1csc(N)n1)C(=O)O. The Morgan fingerprint density at radius 3 is 2.53 bits per heavy atom. The zero-order chi connectivity index (χ0) is 35.6. The summed E-state index contributed by atoms with van der Waals surface area (Å²) in [4.78, 5) is 73.7. The number of ketones is 1. The summed E-state index contributed by atoms with van der Waals surface area (Å²) in [6, 6.07) is 6.16. The average molecular weight is 729 g/mol. The number of carboxylic acid groups (broad SMARTS) is 2. The summed E-state index contributed by atoms with van der Waals surface area (Å²) in [5.74, 6) is -5.08. The number of rotatable bonds is 13. The van der Waals surface area contributed by atoms with Gasteiger partial charge in [0, 0.05) is 39.5 Å². The number of carbonyl (C=O) groups is 5. The van der Waals surface area contributed by atoms with E-state index in [0.29, 0.717) is 5.57 Å². The highest BCUT2D eigenvalue weighted by atomic mass is 32.2. The number of aromatic hydroxyl groups is 2. The molecular formula is C30H28N6O10S3. The van der Waals surface area contributed by atoms with Gasteiger partial charge in [-0.3, -0.25) is 19.3 Å². The Bertz CT molecular complexity index is 1910. The second kappa shape index (κ2) is 14.1. The van der Waals surface area contributed by atoms with Crippen LogP contribution in [0.15, 0.2) is 69.4 Å². The molecule has 1 aromatic carbocycles. The first-order valence-corrected chi connectivity index (χ1v) is 17.1. The third-order valence-electron chi connectivity index (χ3n) is 7.28. The van der Waals surface area contributed by atoms with Crippen molar-refractivity contribution in [3.63, 3.8) is 0 Å². The van der Waals surface area contributed by atoms with E-state index in [9.17, 15) is 44.4 Å². The van der Waals surface area contributed by atoms with Gasteiger partial charge in [0.15, 0.2) is 34.7 Å². The molecule has 5 rings (SSSR count). The summed E-state index contributed by atoms with van der Waals surface area (Å²) in [5.41, 5.74) is 3.85. The Labute approximate surface area is 290 Å². The molecule has 2 aliphatic heterocycles. The number of pyridine rings is 1. The molecule has 6 N–H and O–H groups in total. The molecule has 0 bridgehead atoms. The number of nitrogens with one attached hydrogen (secondary N) is 1. The summed E-state index contributed by atoms with van der Waals surface area (Å²) in [6.45, 7) is 2.43. The van der Waals surface area contributed by atoms with Crippen molar-refractivity contribution in [1.29, 1.82) is 0 Å². The van der Waals surface area contributed by atoms with E-state index in [1.165, 1.54) is 61.0 Å². The molecule has 0 spiro atoms. The third-order valence-corrected chi connectivity index (χ3v) is 10.4. The van der Waals surface area contributed by atoms with Crippen LogP contribution in [0.5, 0.6) is 11.5 Å². The number of nitrogens with zero attached hydrogens (tertiary/aromatic N) is 4. The lowest BCUT2D eigenvalue weighted by Crippen LogP contribution is -2.71. The van der Waals surface area contributed by atoms with Crippen molar-refractivity contribution >= 4 is 75.2 Å². The molecule has 49 heavy (non-hydrogen) atoms. The summed E-state index contributed by atoms with van der Waals surface area (Å²) < 4.78 is 1.62. The van der Waals surface area contributed by atoms with E-state index in [2.05, 4.69) is 15.5 Å². The monoisotopic (exact) mass is 728 g/mol. The second-order valence-corrected chi connectivity index (χ2v) is 14.2. The van der Waals surface area contributed by atoms with Crippen LogP contribution in [-0.4, -0.2) is 89.0 Å². The number of anilines is 1. The predicted molar refractivity (Wildman–Crippen MR) is 174 cm³/mol. The van der Waals surface area contributed by atoms with Crippen LogP contribution in [0.3, 0.4) is 0 Å². The Balaban J connectivity index is 1.24. The molecule has 4 heterocycles. The number of amides is 2. The highest BCUT2D eigenvalue weighted by Gasteiger charge is 2.53. The number of Topliss-reactive ketones (excluding diaryl/α,β-unsaturated/α-hetero) is 1. The molecule has 0 saturated carbocycles. The maximum Gasteiger partial charge on any atom is 0.350 e. The maximum absolute atomic E-state index is 13.3. The molecular weight excluding hydrogens is 701 g/mol. The molecule has 1 saturated heterocycles. The largest absolute Gasteiger partial charge is 0.543 e. The van der Waals surface area contributed by atoms with Crippen molar-refractivity contribution in [2.24, 2.45) is 5.16 Å². The topological polar surface area (TPSA) is 249 Å². The van der Waals surface area contributed by atoms with Crippen molar-refractivity contribution in [3.8, 4) is 11.5 Å². The molecule has 19 heteroatoms. The van der Waals surface area contributed by atoms with Crippen LogP contribution in [0.25, 0.3) is 0 Å². The van der Waals surface area contributed by atoms with E-state index in [4.69, 9.17) is 10.6 Å². The van der Waals surface area contributed by atoms with Crippen LogP contribution in [0.2, 0.25) is 0 Å². The van der Waals surface area contributed by atoms with E-state index in [1.54, 1.807) is 29.1 Å². The highest BCUT2D eigenvalue weighted by Crippen LogP contribution is 2.41. The van der Waals surface area contributed by atoms with Gasteiger partial charge in [0.05, 0.1) is 11.7 Å². The number of benzene rings is 1. The normalized spacial score (nSPS) is 17.6. The van der Waals surface area contributed by atoms with Gasteiger partial charge in [0.2, 0.25) is 17.9 Å². The quantitative estimate of drug-likeness (QED) is 0.0298. The Kier molecular flexibility index (Phi) is 10.2. The number of β-lactam (4-membered cyclic amide) rings is 1. The smallest absolute Gasteiger partial charge is 0.350 e. The molecule has 0 radical (unpaired) electrons. The van der Waals surface area contributed by atoms with Crippen LogP contribution in [-0.2, 0) is 30.6 Å². The Morgan fingerprint density at radius 2 is 1.92 bits per heavy atom. The number of fused-ring (bicyclic) bond motifs is 1. The van der Waals surface area contributed by atoms with Crippen molar-refractivity contribution in [2.45, 2.75) is 42.3 Å². The molecule has 2 aliphatic rings. The molecule has 2 atom stereocenters. The molecule has 1 fully saturated rings. The van der Waals surface area contributed by atoms with Crippen molar-refractivity contribution in [3.05, 3.63) is 70.6 Å². The fourth-order valence-corrected chi connectivity index (χ4v) is 7.48. The van der Waals surface area contributed by atoms with Gasteiger partial charge in [-0.05, 0) is 37.6 Å². The van der Waals surface area contributed by atoms with E-state index >= 15 is 0 Å². The van der Waals surface area contributed by atoms with Crippen LogP contribution in [0.4, 0.5) is 5.13 Å². The lowest BCUT2D eigenvalue weighted by molar-refractivity contribution is -0.683. The first kappa shape index (κ1) is 35.2. The minimum Gasteiger partial charge on any atom is -0.543 e. The summed E-state index contributed by atoms with van der Waals surface area (Å²) in [5, 5.41) is 47.7. The van der Waals surface area contributed by atoms with E-state index in [0.717, 1.165) is 21.1 Å². The summed E-state index contributed by atoms with van der Waals surface area (Å²) in [6.07, 6.45) is 3.33. The maximum atomic E-state index is 13.3. The Hall–Kier alpha value is -5.14. The lowest BCUT2D eigenvalue weighted by atomic mass is 10.0. The van der Waals surface area contributed by atoms with Crippen LogP contribution in [0.1, 0.15) is 29.9 Å². The fraction of sp³-hybridized carbons (Fsp3) is 0.267. The molecule has 16 nitrogen and oxygen atoms in total. The van der Waals surface area contributed by atoms with Gasteiger partial charge in [-0.15, -0.1) is 34.9 Å². The number of hydrogen-bond acceptors (Lipinski definition) is 15. The number of aliphatic carboxylic acids is 2. The van der Waals surface area contributed by atoms with Gasteiger partial charge < -0.3 is 41.1 Å². The van der Waals surface area contributed by atoms with Crippen molar-refractivity contribution in [1.82, 2.24) is 15.2 Å². The minimum absolute atomic E-state index is 0.00796. The summed E-state index contributed by atoms with van der Waals surface area (Å²) >= 11 is 3.56. The number of thioether (sulfide) groups is 2. The highest BCUT2D eigenvalue weighted by molar-refractivity contribution is 8.01. The van der Waals surface area contributed by atoms with Gasteiger partial charge >= 0.3 is 5.97 Å². The molecule has 3 aromatic rings. The number of phenols is 2. The van der Waals surface area contributed by atoms with Crippen LogP contribution < -0.4 is 20.7 Å². The first-order valence-electron chi connectivity index (χ1n) is 14.2. The minimum atomic E-state index is -1.79. The second-order valence-electron chi connectivity index (χ2n) is 11.1. The van der Waals surface area contributed by atoms with E-state index in [1.807, 2.05) is 0 Å². The molecule has 256 valence electrons. The molecule has 2 aromatic heterocycles. The number of thiazole rings is 1. The standard InChI is InChI=1S/C30H28N6O10S3/c1-30(2,28(44)45)46-34-21(17-13-49-29(31)32-17)24(40)33-22-25(41)36-23(27(42)43)15(12-48-26(22)36)11-47-16-5-7-35(8-6-16)10-20(39)14-3-4-18(37)19(38)9-14/h3-9,13,22,26H,10-12H2,1-2H3,(H6-,31,32,33,34,37,38,39,40,42,43,44,45)/t22-,26-/m1/s1. The lowest BCUT2D eigenvalue weighted by Gasteiger charge is -2.50. The van der Waals surface area contributed by atoms with Gasteiger partial charge in [-0.1, -0.05) is 5.16 Å². The number of carboxylic acids is 2. The first-order chi connectivity index (χ1) is 23.2. The number of oxime groups is 1. The number of nitrogens with two attached hydrogens (primary N) is 1. The Morgan fingerprint density at radius 1 is 1.20 bits per heavy atom. The number of aromatic nitrogens is 2. The number of nitrogen functional groups attached to an aromatic ring is 1. The fourth-order valence-electron chi connectivity index (χ4n) is 4.56. The van der Waals surface area contributed by atoms with E-state index < -0.39 is 52.2 Å². The molecule has 0 aliphatic carbocycles. The number of phenolic OH excluding ortho intramolecular Hbond substituents is 2. The number of carbonyl (C=O) groups excluding carboxylic acids is 4. The third kappa shape index (κ3) is 7.63. The molecule has 0 unspecified atom stereocenters. The number of hydrogen-bond donors (Lipinski definition) is 5.